The maximum atomic E-state index is 5.39. The van der Waals surface area contributed by atoms with Crippen LogP contribution in [0, 0.1) is 13.8 Å². The Labute approximate surface area is 152 Å². The van der Waals surface area contributed by atoms with E-state index in [1.165, 1.54) is 0 Å². The van der Waals surface area contributed by atoms with Gasteiger partial charge in [-0.2, -0.15) is 4.98 Å². The maximum absolute atomic E-state index is 5.39. The second-order valence-corrected chi connectivity index (χ2v) is 4.82. The van der Waals surface area contributed by atoms with Crippen molar-refractivity contribution in [3.05, 3.63) is 41.0 Å². The van der Waals surface area contributed by atoms with Gasteiger partial charge in [0.25, 0.3) is 0 Å². The monoisotopic (exact) mass is 431 g/mol. The average molecular weight is 431 g/mol. The maximum Gasteiger partial charge on any atom is 0.223 e. The summed E-state index contributed by atoms with van der Waals surface area (Å²) in [6, 6.07) is 6.10. The Morgan fingerprint density at radius 3 is 2.61 bits per heavy atom. The topological polar surface area (TPSA) is 84.6 Å². The number of rotatable bonds is 5. The molecule has 1 heterocycles. The molecule has 0 aliphatic carbocycles. The van der Waals surface area contributed by atoms with Crippen molar-refractivity contribution >= 4 is 29.9 Å². The van der Waals surface area contributed by atoms with Gasteiger partial charge in [0.1, 0.15) is 5.75 Å². The van der Waals surface area contributed by atoms with E-state index in [4.69, 9.17) is 9.26 Å². The van der Waals surface area contributed by atoms with Gasteiger partial charge in [-0.25, -0.2) is 0 Å². The number of methoxy groups -OCH3 is 1. The predicted octanol–water partition coefficient (Wildman–Crippen LogP) is 2.18. The van der Waals surface area contributed by atoms with Crippen molar-refractivity contribution in [1.29, 1.82) is 0 Å². The fourth-order valence-electron chi connectivity index (χ4n) is 1.97. The molecule has 0 atom stereocenters. The van der Waals surface area contributed by atoms with E-state index in [9.17, 15) is 0 Å². The Kier molecular flexibility index (Phi) is 7.79. The van der Waals surface area contributed by atoms with Gasteiger partial charge in [-0.3, -0.25) is 4.99 Å². The number of aliphatic imine (C=N–C) groups is 1. The third-order valence-corrected chi connectivity index (χ3v) is 3.10. The lowest BCUT2D eigenvalue weighted by molar-refractivity contribution is 0.386. The van der Waals surface area contributed by atoms with E-state index < -0.39 is 0 Å². The number of guanidine groups is 1. The minimum atomic E-state index is 0. The van der Waals surface area contributed by atoms with Gasteiger partial charge in [0, 0.05) is 26.1 Å². The van der Waals surface area contributed by atoms with Gasteiger partial charge in [-0.05, 0) is 18.6 Å². The number of aryl methyl sites for hydroxylation is 2. The fourth-order valence-corrected chi connectivity index (χ4v) is 1.97. The zero-order chi connectivity index (χ0) is 15.9. The molecule has 0 spiro atoms. The second-order valence-electron chi connectivity index (χ2n) is 4.82. The van der Waals surface area contributed by atoms with Crippen molar-refractivity contribution in [2.45, 2.75) is 26.9 Å². The first-order valence-electron chi connectivity index (χ1n) is 6.99. The van der Waals surface area contributed by atoms with Crippen LogP contribution in [0.1, 0.15) is 22.8 Å². The van der Waals surface area contributed by atoms with E-state index in [1.54, 1.807) is 21.1 Å². The van der Waals surface area contributed by atoms with Crippen LogP contribution in [0.25, 0.3) is 0 Å². The minimum Gasteiger partial charge on any atom is -0.496 e. The molecule has 0 radical (unpaired) electrons. The fraction of sp³-hybridized carbons (Fsp3) is 0.400. The summed E-state index contributed by atoms with van der Waals surface area (Å²) in [6.45, 7) is 4.84. The SMILES string of the molecule is CN=C(NCc1noc(C)n1)NCc1ccc(C)cc1OC.I. The van der Waals surface area contributed by atoms with Crippen LogP contribution in [0.2, 0.25) is 0 Å². The number of ether oxygens (including phenoxy) is 1. The first-order valence-corrected chi connectivity index (χ1v) is 6.99. The highest BCUT2D eigenvalue weighted by Crippen LogP contribution is 2.19. The molecule has 0 fully saturated rings. The molecule has 126 valence electrons. The van der Waals surface area contributed by atoms with E-state index in [1.807, 2.05) is 19.1 Å². The van der Waals surface area contributed by atoms with Crippen LogP contribution >= 0.6 is 24.0 Å². The molecule has 0 bridgehead atoms. The highest BCUT2D eigenvalue weighted by atomic mass is 127. The highest BCUT2D eigenvalue weighted by molar-refractivity contribution is 14.0. The molecule has 2 aromatic rings. The predicted molar refractivity (Wildman–Crippen MR) is 99.2 cm³/mol. The van der Waals surface area contributed by atoms with Crippen LogP contribution in [-0.2, 0) is 13.1 Å². The van der Waals surface area contributed by atoms with Crippen molar-refractivity contribution in [3.63, 3.8) is 0 Å². The molecular formula is C15H22IN5O2. The molecule has 2 N–H and O–H groups in total. The lowest BCUT2D eigenvalue weighted by Gasteiger charge is -2.13. The first kappa shape index (κ1) is 19.2. The Hall–Kier alpha value is -1.84. The van der Waals surface area contributed by atoms with Crippen molar-refractivity contribution in [2.75, 3.05) is 14.2 Å². The Morgan fingerprint density at radius 2 is 2.00 bits per heavy atom. The van der Waals surface area contributed by atoms with Gasteiger partial charge in [-0.1, -0.05) is 17.3 Å². The summed E-state index contributed by atoms with van der Waals surface area (Å²) < 4.78 is 10.3. The van der Waals surface area contributed by atoms with Gasteiger partial charge >= 0.3 is 0 Å². The number of nitrogens with one attached hydrogen (secondary N) is 2. The Balaban J connectivity index is 0.00000264. The van der Waals surface area contributed by atoms with Crippen LogP contribution in [-0.4, -0.2) is 30.3 Å². The molecule has 0 saturated carbocycles. The normalized spacial score (nSPS) is 10.9. The molecule has 23 heavy (non-hydrogen) atoms. The molecule has 8 heteroatoms. The summed E-state index contributed by atoms with van der Waals surface area (Å²) in [5, 5.41) is 10.2. The van der Waals surface area contributed by atoms with Gasteiger partial charge in [0.05, 0.1) is 13.7 Å². The lowest BCUT2D eigenvalue weighted by Crippen LogP contribution is -2.36. The van der Waals surface area contributed by atoms with Gasteiger partial charge < -0.3 is 19.9 Å². The van der Waals surface area contributed by atoms with E-state index in [2.05, 4.69) is 31.8 Å². The molecule has 7 nitrogen and oxygen atoms in total. The van der Waals surface area contributed by atoms with E-state index in [-0.39, 0.29) is 24.0 Å². The smallest absolute Gasteiger partial charge is 0.223 e. The van der Waals surface area contributed by atoms with Crippen molar-refractivity contribution in [1.82, 2.24) is 20.8 Å². The number of benzene rings is 1. The summed E-state index contributed by atoms with van der Waals surface area (Å²) in [5.74, 6) is 2.65. The Bertz CT molecular complexity index is 657. The zero-order valence-corrected chi connectivity index (χ0v) is 16.0. The van der Waals surface area contributed by atoms with Crippen molar-refractivity contribution < 1.29 is 9.26 Å². The standard InChI is InChI=1S/C15H21N5O2.HI/c1-10-5-6-12(13(7-10)21-4)8-17-15(16-3)18-9-14-19-11(2)22-20-14;/h5-7H,8-9H2,1-4H3,(H2,16,17,18);1H. The summed E-state index contributed by atoms with van der Waals surface area (Å²) in [4.78, 5) is 8.29. The largest absolute Gasteiger partial charge is 0.496 e. The zero-order valence-electron chi connectivity index (χ0n) is 13.7. The molecule has 1 aromatic carbocycles. The van der Waals surface area contributed by atoms with Crippen LogP contribution in [0.4, 0.5) is 0 Å². The number of halogens is 1. The van der Waals surface area contributed by atoms with Crippen molar-refractivity contribution in [3.8, 4) is 5.75 Å². The van der Waals surface area contributed by atoms with Gasteiger partial charge in [0.15, 0.2) is 11.8 Å². The molecule has 0 amide bonds. The van der Waals surface area contributed by atoms with Crippen molar-refractivity contribution in [2.24, 2.45) is 4.99 Å². The number of aromatic nitrogens is 2. The number of hydrogen-bond acceptors (Lipinski definition) is 5. The lowest BCUT2D eigenvalue weighted by atomic mass is 10.1. The molecule has 0 aliphatic rings. The van der Waals surface area contributed by atoms with Crippen LogP contribution in [0.3, 0.4) is 0 Å². The molecule has 0 saturated heterocycles. The molecule has 2 rings (SSSR count). The Morgan fingerprint density at radius 1 is 1.26 bits per heavy atom. The summed E-state index contributed by atoms with van der Waals surface area (Å²) >= 11 is 0. The minimum absolute atomic E-state index is 0. The molecule has 0 aliphatic heterocycles. The highest BCUT2D eigenvalue weighted by Gasteiger charge is 2.06. The quantitative estimate of drug-likeness (QED) is 0.429. The van der Waals surface area contributed by atoms with Crippen LogP contribution in [0.15, 0.2) is 27.7 Å². The van der Waals surface area contributed by atoms with E-state index in [0.29, 0.717) is 30.8 Å². The molecular weight excluding hydrogens is 409 g/mol. The average Bonchev–Trinajstić information content (AvgIpc) is 2.94. The van der Waals surface area contributed by atoms with Gasteiger partial charge in [-0.15, -0.1) is 24.0 Å². The first-order chi connectivity index (χ1) is 10.6. The summed E-state index contributed by atoms with van der Waals surface area (Å²) in [5.41, 5.74) is 2.22. The second kappa shape index (κ2) is 9.33. The summed E-state index contributed by atoms with van der Waals surface area (Å²) in [7, 11) is 3.38. The van der Waals surface area contributed by atoms with E-state index in [0.717, 1.165) is 16.9 Å². The van der Waals surface area contributed by atoms with Crippen LogP contribution in [0.5, 0.6) is 5.75 Å². The third-order valence-electron chi connectivity index (χ3n) is 3.10. The van der Waals surface area contributed by atoms with Gasteiger partial charge in [0.2, 0.25) is 5.89 Å². The van der Waals surface area contributed by atoms with Crippen LogP contribution < -0.4 is 15.4 Å². The third kappa shape index (κ3) is 5.70. The number of nitrogens with zero attached hydrogens (tertiary/aromatic N) is 3. The molecule has 0 unspecified atom stereocenters. The van der Waals surface area contributed by atoms with E-state index >= 15 is 0 Å². The molecule has 1 aromatic heterocycles. The summed E-state index contributed by atoms with van der Waals surface area (Å²) in [6.07, 6.45) is 0. The number of hydrogen-bond donors (Lipinski definition) is 2.